The van der Waals surface area contributed by atoms with Gasteiger partial charge in [-0.25, -0.2) is 0 Å². The number of anilines is 1. The van der Waals surface area contributed by atoms with Crippen molar-refractivity contribution < 1.29 is 9.53 Å². The van der Waals surface area contributed by atoms with Crippen molar-refractivity contribution in [2.24, 2.45) is 0 Å². The van der Waals surface area contributed by atoms with Gasteiger partial charge in [-0.05, 0) is 31.9 Å². The van der Waals surface area contributed by atoms with E-state index in [2.05, 4.69) is 19.1 Å². The first-order valence-electron chi connectivity index (χ1n) is 7.75. The number of hydrogen-bond acceptors (Lipinski definition) is 2. The molecule has 0 unspecified atom stereocenters. The summed E-state index contributed by atoms with van der Waals surface area (Å²) in [6.45, 7) is 6.67. The van der Waals surface area contributed by atoms with Crippen LogP contribution in [0.2, 0.25) is 0 Å². The van der Waals surface area contributed by atoms with Gasteiger partial charge in [0.15, 0.2) is 0 Å². The van der Waals surface area contributed by atoms with Gasteiger partial charge in [0.25, 0.3) is 5.91 Å². The second kappa shape index (κ2) is 5.92. The van der Waals surface area contributed by atoms with Crippen LogP contribution in [0.3, 0.4) is 0 Å². The number of fused-ring (bicyclic) bond motifs is 1. The Morgan fingerprint density at radius 3 is 2.48 bits per heavy atom. The predicted molar refractivity (Wildman–Crippen MR) is 93.3 cm³/mol. The average Bonchev–Trinajstić information content (AvgIpc) is 2.89. The van der Waals surface area contributed by atoms with Crippen molar-refractivity contribution in [3.63, 3.8) is 0 Å². The molecule has 0 aromatic heterocycles. The highest BCUT2D eigenvalue weighted by molar-refractivity contribution is 6.05. The molecule has 2 aromatic carbocycles. The van der Waals surface area contributed by atoms with Gasteiger partial charge in [0, 0.05) is 29.9 Å². The first kappa shape index (κ1) is 15.3. The zero-order valence-corrected chi connectivity index (χ0v) is 14.0. The fraction of sp³-hybridized carbons (Fsp3) is 0.250. The quantitative estimate of drug-likeness (QED) is 0.780. The van der Waals surface area contributed by atoms with Crippen molar-refractivity contribution in [2.45, 2.75) is 27.4 Å². The fourth-order valence-electron chi connectivity index (χ4n) is 3.26. The minimum absolute atomic E-state index is 0.0771. The number of aryl methyl sites for hydroxylation is 3. The van der Waals surface area contributed by atoms with Gasteiger partial charge in [-0.1, -0.05) is 42.0 Å². The molecule has 0 bridgehead atoms. The summed E-state index contributed by atoms with van der Waals surface area (Å²) in [6.07, 6.45) is 1.59. The summed E-state index contributed by atoms with van der Waals surface area (Å²) >= 11 is 0. The van der Waals surface area contributed by atoms with Crippen LogP contribution in [0.1, 0.15) is 27.8 Å². The van der Waals surface area contributed by atoms with Crippen LogP contribution in [0.15, 0.2) is 42.5 Å². The molecular formula is C20H21NO2. The van der Waals surface area contributed by atoms with Crippen molar-refractivity contribution >= 4 is 17.4 Å². The molecule has 0 saturated carbocycles. The Bertz CT molecular complexity index is 782. The van der Waals surface area contributed by atoms with Gasteiger partial charge >= 0.3 is 0 Å². The Balaban J connectivity index is 1.92. The van der Waals surface area contributed by atoms with E-state index in [-0.39, 0.29) is 5.91 Å². The summed E-state index contributed by atoms with van der Waals surface area (Å²) in [5.74, 6) is 0.576. The lowest BCUT2D eigenvalue weighted by Gasteiger charge is -2.21. The largest absolute Gasteiger partial charge is 0.488 e. The van der Waals surface area contributed by atoms with Crippen LogP contribution in [0.5, 0.6) is 0 Å². The molecule has 0 atom stereocenters. The highest BCUT2D eigenvalue weighted by atomic mass is 16.5. The number of nitrogens with zero attached hydrogens (tertiary/aromatic N) is 1. The first-order valence-corrected chi connectivity index (χ1v) is 7.75. The van der Waals surface area contributed by atoms with E-state index in [0.29, 0.717) is 12.4 Å². The minimum Gasteiger partial charge on any atom is -0.488 e. The molecule has 1 aliphatic heterocycles. The number of hydrogen-bond donors (Lipinski definition) is 0. The molecule has 0 saturated heterocycles. The van der Waals surface area contributed by atoms with Crippen LogP contribution in [0.4, 0.5) is 5.69 Å². The molecule has 3 nitrogen and oxygen atoms in total. The molecule has 1 heterocycles. The molecule has 0 fully saturated rings. The molecule has 2 aromatic rings. The molecule has 3 rings (SSSR count). The Morgan fingerprint density at radius 2 is 1.78 bits per heavy atom. The standard InChI is InChI=1S/C20H21NO2/c1-13-9-14(2)20(15(3)10-13)21(4)19(22)11-18-17-8-6-5-7-16(17)12-23-18/h5-11H,12H2,1-4H3/b18-11-. The molecule has 3 heteroatoms. The van der Waals surface area contributed by atoms with Crippen molar-refractivity contribution in [2.75, 3.05) is 11.9 Å². The van der Waals surface area contributed by atoms with Crippen molar-refractivity contribution in [3.05, 3.63) is 70.3 Å². The molecule has 23 heavy (non-hydrogen) atoms. The molecule has 1 amide bonds. The van der Waals surface area contributed by atoms with E-state index in [1.54, 1.807) is 11.0 Å². The zero-order chi connectivity index (χ0) is 16.6. The normalized spacial score (nSPS) is 14.5. The van der Waals surface area contributed by atoms with E-state index in [4.69, 9.17) is 4.74 Å². The summed E-state index contributed by atoms with van der Waals surface area (Å²) < 4.78 is 5.67. The molecule has 0 spiro atoms. The molecular weight excluding hydrogens is 286 g/mol. The Kier molecular flexibility index (Phi) is 3.95. The zero-order valence-electron chi connectivity index (χ0n) is 14.0. The van der Waals surface area contributed by atoms with Crippen LogP contribution < -0.4 is 4.90 Å². The summed E-state index contributed by atoms with van der Waals surface area (Å²) in [7, 11) is 1.81. The average molecular weight is 307 g/mol. The molecule has 118 valence electrons. The van der Waals surface area contributed by atoms with Gasteiger partial charge in [-0.2, -0.15) is 0 Å². The molecule has 0 aliphatic carbocycles. The number of carbonyl (C=O) groups is 1. The lowest BCUT2D eigenvalue weighted by molar-refractivity contribution is -0.113. The number of likely N-dealkylation sites (N-methyl/N-ethyl adjacent to an activating group) is 1. The van der Waals surface area contributed by atoms with Crippen LogP contribution in [-0.4, -0.2) is 13.0 Å². The van der Waals surface area contributed by atoms with Crippen molar-refractivity contribution in [1.29, 1.82) is 0 Å². The number of carbonyl (C=O) groups excluding carboxylic acids is 1. The van der Waals surface area contributed by atoms with E-state index in [0.717, 1.165) is 27.9 Å². The van der Waals surface area contributed by atoms with Gasteiger partial charge in [0.2, 0.25) is 0 Å². The maximum absolute atomic E-state index is 12.7. The van der Waals surface area contributed by atoms with Crippen LogP contribution in [0, 0.1) is 20.8 Å². The van der Waals surface area contributed by atoms with Crippen molar-refractivity contribution in [1.82, 2.24) is 0 Å². The maximum atomic E-state index is 12.7. The summed E-state index contributed by atoms with van der Waals surface area (Å²) in [4.78, 5) is 14.4. The van der Waals surface area contributed by atoms with E-state index in [1.807, 2.05) is 45.2 Å². The van der Waals surface area contributed by atoms with E-state index >= 15 is 0 Å². The Hall–Kier alpha value is -2.55. The van der Waals surface area contributed by atoms with Crippen LogP contribution in [-0.2, 0) is 16.1 Å². The van der Waals surface area contributed by atoms with E-state index in [9.17, 15) is 4.79 Å². The highest BCUT2D eigenvalue weighted by Crippen LogP contribution is 2.30. The summed E-state index contributed by atoms with van der Waals surface area (Å²) in [5, 5.41) is 0. The Labute approximate surface area is 137 Å². The second-order valence-corrected chi connectivity index (χ2v) is 6.10. The van der Waals surface area contributed by atoms with E-state index < -0.39 is 0 Å². The maximum Gasteiger partial charge on any atom is 0.254 e. The molecule has 1 aliphatic rings. The second-order valence-electron chi connectivity index (χ2n) is 6.10. The lowest BCUT2D eigenvalue weighted by Crippen LogP contribution is -2.26. The van der Waals surface area contributed by atoms with Gasteiger partial charge in [0.1, 0.15) is 12.4 Å². The summed E-state index contributed by atoms with van der Waals surface area (Å²) in [6, 6.07) is 12.2. The van der Waals surface area contributed by atoms with Crippen LogP contribution in [0.25, 0.3) is 5.76 Å². The first-order chi connectivity index (χ1) is 11.0. The number of benzene rings is 2. The molecule has 0 radical (unpaired) electrons. The minimum atomic E-state index is -0.0771. The number of rotatable bonds is 2. The van der Waals surface area contributed by atoms with Crippen molar-refractivity contribution in [3.8, 4) is 0 Å². The fourth-order valence-corrected chi connectivity index (χ4v) is 3.26. The monoisotopic (exact) mass is 307 g/mol. The third-order valence-corrected chi connectivity index (χ3v) is 4.22. The predicted octanol–water partition coefficient (Wildman–Crippen LogP) is 4.15. The number of ether oxygens (including phenoxy) is 1. The summed E-state index contributed by atoms with van der Waals surface area (Å²) in [5.41, 5.74) is 6.50. The van der Waals surface area contributed by atoms with Gasteiger partial charge in [-0.3, -0.25) is 4.79 Å². The lowest BCUT2D eigenvalue weighted by atomic mass is 10.0. The molecule has 0 N–H and O–H groups in total. The third-order valence-electron chi connectivity index (χ3n) is 4.22. The van der Waals surface area contributed by atoms with Gasteiger partial charge in [0.05, 0.1) is 0 Å². The smallest absolute Gasteiger partial charge is 0.254 e. The van der Waals surface area contributed by atoms with Gasteiger partial charge < -0.3 is 9.64 Å². The van der Waals surface area contributed by atoms with Gasteiger partial charge in [-0.15, -0.1) is 0 Å². The van der Waals surface area contributed by atoms with Crippen LogP contribution >= 0.6 is 0 Å². The Morgan fingerprint density at radius 1 is 1.13 bits per heavy atom. The SMILES string of the molecule is Cc1cc(C)c(N(C)C(=O)/C=C2\OCc3ccccc32)c(C)c1. The van der Waals surface area contributed by atoms with E-state index in [1.165, 1.54) is 5.56 Å². The number of amides is 1. The topological polar surface area (TPSA) is 29.5 Å². The highest BCUT2D eigenvalue weighted by Gasteiger charge is 2.20. The third kappa shape index (κ3) is 2.87.